The molecular weight excluding hydrogens is 655 g/mol. The maximum absolute atomic E-state index is 14.2. The van der Waals surface area contributed by atoms with Gasteiger partial charge in [-0.3, -0.25) is 10.2 Å². The number of nitriles is 1. The summed E-state index contributed by atoms with van der Waals surface area (Å²) in [6.07, 6.45) is 1.92. The number of nitrogens with one attached hydrogen (secondary N) is 4. The van der Waals surface area contributed by atoms with Gasteiger partial charge in [0.15, 0.2) is 0 Å². The maximum atomic E-state index is 14.2. The van der Waals surface area contributed by atoms with E-state index in [0.717, 1.165) is 72.1 Å². The molecule has 2 fully saturated rings. The number of nitrogens with zero attached hydrogens (tertiary/aromatic N) is 4. The van der Waals surface area contributed by atoms with Gasteiger partial charge in [-0.1, -0.05) is 60.1 Å². The topological polar surface area (TPSA) is 137 Å². The van der Waals surface area contributed by atoms with E-state index in [9.17, 15) is 4.39 Å². The van der Waals surface area contributed by atoms with Gasteiger partial charge in [0.1, 0.15) is 11.0 Å². The summed E-state index contributed by atoms with van der Waals surface area (Å²) in [5.41, 5.74) is 9.07. The molecule has 0 aliphatic carbocycles. The molecule has 10 nitrogen and oxygen atoms in total. The maximum Gasteiger partial charge on any atom is 0.133 e. The SMILES string of the molecule is Clc1ccc(-c2cc(-c3ccc([C@H]4CNCCO4)cc3)[nH]n2)cn1.N#Cc1ccc(-c2cc(-c3ccc([C@H]4CNCCO4)cc3)n[nH]2)c(F)c1. The van der Waals surface area contributed by atoms with Crippen molar-refractivity contribution in [2.75, 3.05) is 39.4 Å². The quantitative estimate of drug-likeness (QED) is 0.139. The van der Waals surface area contributed by atoms with Crippen LogP contribution in [0.15, 0.2) is 97.2 Å². The lowest BCUT2D eigenvalue weighted by Gasteiger charge is -2.24. The molecule has 0 spiro atoms. The lowest BCUT2D eigenvalue weighted by Crippen LogP contribution is -2.33. The van der Waals surface area contributed by atoms with Gasteiger partial charge in [0.2, 0.25) is 0 Å². The van der Waals surface area contributed by atoms with Crippen LogP contribution in [0.2, 0.25) is 5.15 Å². The number of ether oxygens (including phenoxy) is 2. The highest BCUT2D eigenvalue weighted by molar-refractivity contribution is 6.29. The molecule has 6 aromatic rings. The normalized spacial score (nSPS) is 17.4. The molecule has 50 heavy (non-hydrogen) atoms. The Kier molecular flexibility index (Phi) is 10.4. The molecule has 0 amide bonds. The molecule has 12 heteroatoms. The molecule has 8 rings (SSSR count). The van der Waals surface area contributed by atoms with Crippen molar-refractivity contribution in [1.82, 2.24) is 36.0 Å². The Morgan fingerprint density at radius 3 is 1.84 bits per heavy atom. The molecule has 5 heterocycles. The number of aromatic nitrogens is 5. The predicted molar refractivity (Wildman–Crippen MR) is 190 cm³/mol. The Labute approximate surface area is 293 Å². The van der Waals surface area contributed by atoms with Gasteiger partial charge in [-0.2, -0.15) is 15.5 Å². The molecule has 3 aromatic carbocycles. The Morgan fingerprint density at radius 1 is 0.700 bits per heavy atom. The van der Waals surface area contributed by atoms with E-state index < -0.39 is 5.82 Å². The van der Waals surface area contributed by atoms with Crippen molar-refractivity contribution in [3.63, 3.8) is 0 Å². The van der Waals surface area contributed by atoms with Crippen LogP contribution in [-0.4, -0.2) is 64.8 Å². The van der Waals surface area contributed by atoms with Gasteiger partial charge in [-0.25, -0.2) is 9.37 Å². The first-order chi connectivity index (χ1) is 24.5. The third kappa shape index (κ3) is 7.81. The fourth-order valence-corrected chi connectivity index (χ4v) is 5.97. The highest BCUT2D eigenvalue weighted by Crippen LogP contribution is 2.29. The van der Waals surface area contributed by atoms with Crippen LogP contribution in [0.1, 0.15) is 28.9 Å². The molecule has 3 aromatic heterocycles. The van der Waals surface area contributed by atoms with Crippen LogP contribution in [0.4, 0.5) is 4.39 Å². The van der Waals surface area contributed by atoms with Crippen molar-refractivity contribution >= 4 is 11.6 Å². The summed E-state index contributed by atoms with van der Waals surface area (Å²) in [6, 6.07) is 30.2. The fourth-order valence-electron chi connectivity index (χ4n) is 5.86. The predicted octanol–water partition coefficient (Wildman–Crippen LogP) is 6.87. The summed E-state index contributed by atoms with van der Waals surface area (Å²) in [7, 11) is 0. The van der Waals surface area contributed by atoms with Crippen LogP contribution in [0.3, 0.4) is 0 Å². The molecule has 2 aliphatic rings. The molecular formula is C38H34ClFN8O2. The van der Waals surface area contributed by atoms with E-state index in [4.69, 9.17) is 26.3 Å². The van der Waals surface area contributed by atoms with Crippen LogP contribution in [0.5, 0.6) is 0 Å². The number of rotatable bonds is 6. The average Bonchev–Trinajstić information content (AvgIpc) is 3.88. The standard InChI is InChI=1S/C20H17FN4O.C18H17ClN4O/c21-17-9-13(11-22)1-6-16(17)19-10-18(24-25-19)14-2-4-15(5-3-14)20-12-23-7-8-26-20;19-18-6-5-14(10-21-18)16-9-15(22-23-16)12-1-3-13(4-2-12)17-11-20-7-8-24-17/h1-6,9-10,20,23H,7-8,12H2,(H,24,25);1-6,9-10,17,20H,7-8,11H2,(H,22,23)/t20-;17-/m11/s1. The van der Waals surface area contributed by atoms with E-state index in [1.807, 2.05) is 42.5 Å². The third-order valence-electron chi connectivity index (χ3n) is 8.59. The zero-order valence-electron chi connectivity index (χ0n) is 27.0. The van der Waals surface area contributed by atoms with Crippen LogP contribution < -0.4 is 10.6 Å². The Morgan fingerprint density at radius 2 is 1.28 bits per heavy atom. The summed E-state index contributed by atoms with van der Waals surface area (Å²) < 4.78 is 25.7. The second kappa shape index (κ2) is 15.6. The average molecular weight is 689 g/mol. The van der Waals surface area contributed by atoms with Crippen molar-refractivity contribution in [3.05, 3.63) is 125 Å². The molecule has 2 saturated heterocycles. The number of H-pyrrole nitrogens is 2. The largest absolute Gasteiger partial charge is 0.371 e. The molecule has 4 N–H and O–H groups in total. The van der Waals surface area contributed by atoms with Gasteiger partial charge >= 0.3 is 0 Å². The molecule has 0 unspecified atom stereocenters. The summed E-state index contributed by atoms with van der Waals surface area (Å²) in [5, 5.41) is 30.6. The van der Waals surface area contributed by atoms with Crippen molar-refractivity contribution in [1.29, 1.82) is 5.26 Å². The number of hydrogen-bond donors (Lipinski definition) is 4. The van der Waals surface area contributed by atoms with Gasteiger partial charge in [0, 0.05) is 49.1 Å². The Bertz CT molecular complexity index is 2060. The number of hydrogen-bond acceptors (Lipinski definition) is 8. The minimum absolute atomic E-state index is 0.0697. The molecule has 2 atom stereocenters. The van der Waals surface area contributed by atoms with E-state index in [0.29, 0.717) is 28.6 Å². The van der Waals surface area contributed by atoms with Crippen molar-refractivity contribution in [2.24, 2.45) is 0 Å². The highest BCUT2D eigenvalue weighted by atomic mass is 35.5. The number of benzene rings is 3. The monoisotopic (exact) mass is 688 g/mol. The van der Waals surface area contributed by atoms with Crippen LogP contribution in [-0.2, 0) is 9.47 Å². The number of morpholine rings is 2. The van der Waals surface area contributed by atoms with E-state index in [-0.39, 0.29) is 12.2 Å². The molecule has 252 valence electrons. The van der Waals surface area contributed by atoms with E-state index >= 15 is 0 Å². The first kappa shape index (κ1) is 33.3. The Hall–Kier alpha value is -5.22. The van der Waals surface area contributed by atoms with Gasteiger partial charge in [-0.15, -0.1) is 0 Å². The molecule has 0 radical (unpaired) electrons. The minimum Gasteiger partial charge on any atom is -0.371 e. The number of halogens is 2. The van der Waals surface area contributed by atoms with E-state index in [1.54, 1.807) is 30.5 Å². The second-order valence-electron chi connectivity index (χ2n) is 11.9. The summed E-state index contributed by atoms with van der Waals surface area (Å²) in [4.78, 5) is 4.09. The summed E-state index contributed by atoms with van der Waals surface area (Å²) in [6.45, 7) is 4.94. The second-order valence-corrected chi connectivity index (χ2v) is 12.3. The summed E-state index contributed by atoms with van der Waals surface area (Å²) in [5.74, 6) is -0.448. The van der Waals surface area contributed by atoms with Crippen molar-refractivity contribution in [3.8, 4) is 51.1 Å². The third-order valence-corrected chi connectivity index (χ3v) is 8.82. The van der Waals surface area contributed by atoms with Crippen molar-refractivity contribution in [2.45, 2.75) is 12.2 Å². The van der Waals surface area contributed by atoms with Crippen LogP contribution >= 0.6 is 11.6 Å². The molecule has 0 saturated carbocycles. The van der Waals surface area contributed by atoms with Gasteiger partial charge < -0.3 is 20.1 Å². The minimum atomic E-state index is -0.448. The van der Waals surface area contributed by atoms with E-state index in [1.165, 1.54) is 11.6 Å². The highest BCUT2D eigenvalue weighted by Gasteiger charge is 2.17. The number of aromatic amines is 2. The first-order valence-corrected chi connectivity index (χ1v) is 16.7. The Balaban J connectivity index is 0.000000157. The zero-order chi connectivity index (χ0) is 34.3. The van der Waals surface area contributed by atoms with Crippen molar-refractivity contribution < 1.29 is 13.9 Å². The number of pyridine rings is 1. The van der Waals surface area contributed by atoms with Crippen LogP contribution in [0.25, 0.3) is 45.0 Å². The fraction of sp³-hybridized carbons (Fsp3) is 0.211. The summed E-state index contributed by atoms with van der Waals surface area (Å²) >= 11 is 5.83. The van der Waals surface area contributed by atoms with Gasteiger partial charge in [0.05, 0.1) is 59.8 Å². The smallest absolute Gasteiger partial charge is 0.133 e. The molecule has 2 aliphatic heterocycles. The van der Waals surface area contributed by atoms with Gasteiger partial charge in [-0.05, 0) is 59.2 Å². The first-order valence-electron chi connectivity index (χ1n) is 16.3. The van der Waals surface area contributed by atoms with Crippen LogP contribution in [0, 0.1) is 17.1 Å². The van der Waals surface area contributed by atoms with E-state index in [2.05, 4.69) is 60.3 Å². The molecule has 0 bridgehead atoms. The lowest BCUT2D eigenvalue weighted by atomic mass is 10.0. The lowest BCUT2D eigenvalue weighted by molar-refractivity contribution is 0.0276. The zero-order valence-corrected chi connectivity index (χ0v) is 27.8. The van der Waals surface area contributed by atoms with Gasteiger partial charge in [0.25, 0.3) is 0 Å².